The SMILES string of the molecule is CC(CO)N(C)Cc1nc(-c2cccs2)no1. The fourth-order valence-electron chi connectivity index (χ4n) is 1.33. The molecule has 0 radical (unpaired) electrons. The number of rotatable bonds is 5. The van der Waals surface area contributed by atoms with Gasteiger partial charge in [0.05, 0.1) is 18.0 Å². The zero-order chi connectivity index (χ0) is 12.3. The number of aromatic nitrogens is 2. The van der Waals surface area contributed by atoms with Crippen LogP contribution in [-0.4, -0.2) is 39.8 Å². The van der Waals surface area contributed by atoms with E-state index in [1.165, 1.54) is 0 Å². The minimum absolute atomic E-state index is 0.0760. The molecule has 0 aliphatic carbocycles. The summed E-state index contributed by atoms with van der Waals surface area (Å²) in [6.45, 7) is 2.60. The molecule has 0 saturated heterocycles. The third-order valence-corrected chi connectivity index (χ3v) is 3.48. The number of thiophene rings is 1. The molecule has 2 aromatic heterocycles. The predicted molar refractivity (Wildman–Crippen MR) is 65.6 cm³/mol. The Morgan fingerprint density at radius 3 is 3.06 bits per heavy atom. The molecule has 0 aliphatic heterocycles. The fourth-order valence-corrected chi connectivity index (χ4v) is 1.98. The average molecular weight is 253 g/mol. The molecule has 0 spiro atoms. The van der Waals surface area contributed by atoms with Crippen LogP contribution in [-0.2, 0) is 6.54 Å². The molecule has 0 aromatic carbocycles. The maximum absolute atomic E-state index is 9.03. The van der Waals surface area contributed by atoms with Crippen LogP contribution in [0.2, 0.25) is 0 Å². The van der Waals surface area contributed by atoms with Crippen molar-refractivity contribution in [1.82, 2.24) is 15.0 Å². The first kappa shape index (κ1) is 12.2. The van der Waals surface area contributed by atoms with E-state index < -0.39 is 0 Å². The maximum Gasteiger partial charge on any atom is 0.241 e. The van der Waals surface area contributed by atoms with Crippen LogP contribution in [0.4, 0.5) is 0 Å². The molecule has 6 heteroatoms. The first-order chi connectivity index (χ1) is 8.20. The lowest BCUT2D eigenvalue weighted by atomic mass is 10.3. The van der Waals surface area contributed by atoms with Crippen molar-refractivity contribution in [2.75, 3.05) is 13.7 Å². The van der Waals surface area contributed by atoms with E-state index in [0.29, 0.717) is 18.3 Å². The summed E-state index contributed by atoms with van der Waals surface area (Å²) in [5.41, 5.74) is 0. The Bertz CT molecular complexity index is 455. The van der Waals surface area contributed by atoms with Crippen LogP contribution in [0.5, 0.6) is 0 Å². The summed E-state index contributed by atoms with van der Waals surface area (Å²) < 4.78 is 5.18. The molecule has 0 amide bonds. The second-order valence-corrected chi connectivity index (χ2v) is 4.88. The van der Waals surface area contributed by atoms with Crippen LogP contribution in [0.15, 0.2) is 22.0 Å². The van der Waals surface area contributed by atoms with E-state index in [4.69, 9.17) is 9.63 Å². The minimum atomic E-state index is 0.0760. The van der Waals surface area contributed by atoms with Crippen molar-refractivity contribution in [3.05, 3.63) is 23.4 Å². The Kier molecular flexibility index (Phi) is 3.88. The molecule has 2 heterocycles. The molecule has 2 rings (SSSR count). The summed E-state index contributed by atoms with van der Waals surface area (Å²) in [7, 11) is 1.91. The summed E-state index contributed by atoms with van der Waals surface area (Å²) in [4.78, 5) is 7.28. The number of aliphatic hydroxyl groups is 1. The summed E-state index contributed by atoms with van der Waals surface area (Å²) >= 11 is 1.58. The maximum atomic E-state index is 9.03. The zero-order valence-corrected chi connectivity index (χ0v) is 10.6. The third-order valence-electron chi connectivity index (χ3n) is 2.61. The number of likely N-dealkylation sites (N-methyl/N-ethyl adjacent to an activating group) is 1. The molecule has 2 aromatic rings. The third kappa shape index (κ3) is 2.91. The lowest BCUT2D eigenvalue weighted by Crippen LogP contribution is -2.31. The van der Waals surface area contributed by atoms with Gasteiger partial charge in [0.15, 0.2) is 0 Å². The molecule has 0 fully saturated rings. The summed E-state index contributed by atoms with van der Waals surface area (Å²) in [6, 6.07) is 3.99. The highest BCUT2D eigenvalue weighted by atomic mass is 32.1. The lowest BCUT2D eigenvalue weighted by molar-refractivity contribution is 0.142. The van der Waals surface area contributed by atoms with Gasteiger partial charge in [-0.15, -0.1) is 11.3 Å². The second-order valence-electron chi connectivity index (χ2n) is 3.94. The Labute approximate surface area is 104 Å². The number of hydrogen-bond donors (Lipinski definition) is 1. The van der Waals surface area contributed by atoms with Crippen LogP contribution in [0.1, 0.15) is 12.8 Å². The molecule has 1 unspecified atom stereocenters. The van der Waals surface area contributed by atoms with E-state index >= 15 is 0 Å². The van der Waals surface area contributed by atoms with Gasteiger partial charge in [-0.1, -0.05) is 11.2 Å². The summed E-state index contributed by atoms with van der Waals surface area (Å²) in [5.74, 6) is 1.19. The van der Waals surface area contributed by atoms with Crippen molar-refractivity contribution in [2.45, 2.75) is 19.5 Å². The summed E-state index contributed by atoms with van der Waals surface area (Å²) in [5, 5.41) is 14.9. The Balaban J connectivity index is 2.04. The topological polar surface area (TPSA) is 62.4 Å². The van der Waals surface area contributed by atoms with Crippen LogP contribution >= 0.6 is 11.3 Å². The molecular formula is C11H15N3O2S. The monoisotopic (exact) mass is 253 g/mol. The van der Waals surface area contributed by atoms with E-state index in [1.807, 2.05) is 36.4 Å². The molecule has 1 atom stereocenters. The van der Waals surface area contributed by atoms with Crippen LogP contribution in [0, 0.1) is 0 Å². The largest absolute Gasteiger partial charge is 0.395 e. The van der Waals surface area contributed by atoms with Gasteiger partial charge in [-0.3, -0.25) is 4.90 Å². The molecule has 92 valence electrons. The van der Waals surface area contributed by atoms with Crippen molar-refractivity contribution >= 4 is 11.3 Å². The molecule has 0 saturated carbocycles. The van der Waals surface area contributed by atoms with E-state index in [0.717, 1.165) is 4.88 Å². The first-order valence-electron chi connectivity index (χ1n) is 5.38. The standard InChI is InChI=1S/C11H15N3O2S/c1-8(7-15)14(2)6-10-12-11(13-16-10)9-4-3-5-17-9/h3-5,8,15H,6-7H2,1-2H3. The van der Waals surface area contributed by atoms with Gasteiger partial charge in [-0.05, 0) is 25.4 Å². The van der Waals surface area contributed by atoms with E-state index in [9.17, 15) is 0 Å². The second kappa shape index (κ2) is 5.39. The Hall–Kier alpha value is -1.24. The van der Waals surface area contributed by atoms with Gasteiger partial charge in [0.25, 0.3) is 0 Å². The highest BCUT2D eigenvalue weighted by Crippen LogP contribution is 2.21. The first-order valence-corrected chi connectivity index (χ1v) is 6.26. The van der Waals surface area contributed by atoms with Crippen molar-refractivity contribution in [1.29, 1.82) is 0 Å². The van der Waals surface area contributed by atoms with E-state index in [1.54, 1.807) is 11.3 Å². The molecule has 17 heavy (non-hydrogen) atoms. The normalized spacial score (nSPS) is 13.2. The van der Waals surface area contributed by atoms with Crippen LogP contribution in [0.25, 0.3) is 10.7 Å². The highest BCUT2D eigenvalue weighted by Gasteiger charge is 2.14. The van der Waals surface area contributed by atoms with Crippen LogP contribution in [0.3, 0.4) is 0 Å². The smallest absolute Gasteiger partial charge is 0.241 e. The van der Waals surface area contributed by atoms with Crippen LogP contribution < -0.4 is 0 Å². The van der Waals surface area contributed by atoms with Crippen molar-refractivity contribution in [3.8, 4) is 10.7 Å². The zero-order valence-electron chi connectivity index (χ0n) is 9.83. The van der Waals surface area contributed by atoms with Gasteiger partial charge >= 0.3 is 0 Å². The fraction of sp³-hybridized carbons (Fsp3) is 0.455. The average Bonchev–Trinajstić information content (AvgIpc) is 2.97. The van der Waals surface area contributed by atoms with Crippen molar-refractivity contribution < 1.29 is 9.63 Å². The number of nitrogens with zero attached hydrogens (tertiary/aromatic N) is 3. The predicted octanol–water partition coefficient (Wildman–Crippen LogP) is 1.61. The highest BCUT2D eigenvalue weighted by molar-refractivity contribution is 7.13. The van der Waals surface area contributed by atoms with Gasteiger partial charge in [-0.2, -0.15) is 4.98 Å². The molecule has 5 nitrogen and oxygen atoms in total. The van der Waals surface area contributed by atoms with Crippen molar-refractivity contribution in [3.63, 3.8) is 0 Å². The number of hydrogen-bond acceptors (Lipinski definition) is 6. The molecule has 0 aliphatic rings. The number of aliphatic hydroxyl groups excluding tert-OH is 1. The quantitative estimate of drug-likeness (QED) is 0.877. The molecule has 1 N–H and O–H groups in total. The van der Waals surface area contributed by atoms with Gasteiger partial charge in [0, 0.05) is 6.04 Å². The van der Waals surface area contributed by atoms with Gasteiger partial charge < -0.3 is 9.63 Å². The minimum Gasteiger partial charge on any atom is -0.395 e. The van der Waals surface area contributed by atoms with Gasteiger partial charge in [0.2, 0.25) is 11.7 Å². The van der Waals surface area contributed by atoms with E-state index in [2.05, 4.69) is 10.1 Å². The summed E-state index contributed by atoms with van der Waals surface area (Å²) in [6.07, 6.45) is 0. The van der Waals surface area contributed by atoms with E-state index in [-0.39, 0.29) is 12.6 Å². The van der Waals surface area contributed by atoms with Gasteiger partial charge in [0.1, 0.15) is 0 Å². The Morgan fingerprint density at radius 2 is 2.41 bits per heavy atom. The van der Waals surface area contributed by atoms with Crippen molar-refractivity contribution in [2.24, 2.45) is 0 Å². The molecular weight excluding hydrogens is 238 g/mol. The lowest BCUT2D eigenvalue weighted by Gasteiger charge is -2.20. The molecule has 0 bridgehead atoms. The van der Waals surface area contributed by atoms with Gasteiger partial charge in [-0.25, -0.2) is 0 Å². The Morgan fingerprint density at radius 1 is 1.59 bits per heavy atom.